The van der Waals surface area contributed by atoms with Crippen molar-refractivity contribution in [3.05, 3.63) is 28.5 Å². The van der Waals surface area contributed by atoms with Crippen LogP contribution in [0.4, 0.5) is 10.1 Å². The zero-order valence-corrected chi connectivity index (χ0v) is 11.6. The molecular formula is C13H18BrFN2. The molecule has 0 aliphatic carbocycles. The number of anilines is 1. The number of halogens is 2. The van der Waals surface area contributed by atoms with Crippen LogP contribution < -0.4 is 10.2 Å². The molecule has 1 N–H and O–H groups in total. The Bertz CT molecular complexity index is 382. The molecule has 1 aliphatic heterocycles. The summed E-state index contributed by atoms with van der Waals surface area (Å²) in [5.74, 6) is -0.134. The molecule has 0 aromatic heterocycles. The van der Waals surface area contributed by atoms with Gasteiger partial charge in [0.1, 0.15) is 5.82 Å². The third kappa shape index (κ3) is 3.19. The summed E-state index contributed by atoms with van der Waals surface area (Å²) < 4.78 is 14.7. The summed E-state index contributed by atoms with van der Waals surface area (Å²) >= 11 is 3.40. The predicted octanol–water partition coefficient (Wildman–Crippen LogP) is 3.17. The fourth-order valence-corrected chi connectivity index (χ4v) is 2.66. The monoisotopic (exact) mass is 300 g/mol. The fourth-order valence-electron chi connectivity index (χ4n) is 2.31. The number of rotatable bonds is 3. The zero-order valence-electron chi connectivity index (χ0n) is 10.0. The first-order valence-corrected chi connectivity index (χ1v) is 6.93. The summed E-state index contributed by atoms with van der Waals surface area (Å²) in [7, 11) is 0. The molecule has 2 nitrogen and oxygen atoms in total. The Morgan fingerprint density at radius 3 is 3.12 bits per heavy atom. The zero-order chi connectivity index (χ0) is 12.3. The highest BCUT2D eigenvalue weighted by molar-refractivity contribution is 9.10. The van der Waals surface area contributed by atoms with Crippen LogP contribution in [0.25, 0.3) is 0 Å². The quantitative estimate of drug-likeness (QED) is 0.922. The number of nitrogens with zero attached hydrogens (tertiary/aromatic N) is 1. The molecule has 1 aromatic rings. The summed E-state index contributed by atoms with van der Waals surface area (Å²) in [5, 5.41) is 3.48. The van der Waals surface area contributed by atoms with Gasteiger partial charge in [-0.05, 0) is 24.6 Å². The van der Waals surface area contributed by atoms with Gasteiger partial charge in [0, 0.05) is 30.1 Å². The lowest BCUT2D eigenvalue weighted by molar-refractivity contribution is 0.427. The maximum absolute atomic E-state index is 13.8. The van der Waals surface area contributed by atoms with Crippen LogP contribution in [-0.4, -0.2) is 25.7 Å². The van der Waals surface area contributed by atoms with Gasteiger partial charge in [-0.2, -0.15) is 0 Å². The molecule has 1 saturated heterocycles. The van der Waals surface area contributed by atoms with Gasteiger partial charge in [0.05, 0.1) is 5.69 Å². The topological polar surface area (TPSA) is 15.3 Å². The maximum Gasteiger partial charge on any atom is 0.146 e. The Morgan fingerprint density at radius 1 is 1.53 bits per heavy atom. The first-order valence-electron chi connectivity index (χ1n) is 6.14. The smallest absolute Gasteiger partial charge is 0.146 e. The molecule has 1 aromatic carbocycles. The minimum atomic E-state index is -0.134. The normalized spacial score (nSPS) is 20.6. The molecule has 1 unspecified atom stereocenters. The van der Waals surface area contributed by atoms with Crippen LogP contribution in [-0.2, 0) is 0 Å². The van der Waals surface area contributed by atoms with E-state index < -0.39 is 0 Å². The fraction of sp³-hybridized carbons (Fsp3) is 0.538. The number of piperazine rings is 1. The van der Waals surface area contributed by atoms with E-state index in [4.69, 9.17) is 0 Å². The highest BCUT2D eigenvalue weighted by Gasteiger charge is 2.20. The van der Waals surface area contributed by atoms with E-state index in [1.807, 2.05) is 6.07 Å². The first kappa shape index (κ1) is 12.8. The molecule has 94 valence electrons. The molecule has 0 bridgehead atoms. The average Bonchev–Trinajstić information content (AvgIpc) is 2.33. The van der Waals surface area contributed by atoms with Gasteiger partial charge < -0.3 is 10.2 Å². The van der Waals surface area contributed by atoms with E-state index in [9.17, 15) is 4.39 Å². The molecule has 1 aliphatic rings. The standard InChI is InChI=1S/C13H18BrFN2/c1-2-3-11-9-17(7-6-16-11)13-8-10(14)4-5-12(13)15/h4-5,8,11,16H,2-3,6-7,9H2,1H3. The van der Waals surface area contributed by atoms with Crippen molar-refractivity contribution in [3.8, 4) is 0 Å². The molecular weight excluding hydrogens is 283 g/mol. The molecule has 0 spiro atoms. The van der Waals surface area contributed by atoms with Gasteiger partial charge in [-0.1, -0.05) is 29.3 Å². The van der Waals surface area contributed by atoms with E-state index in [0.717, 1.165) is 36.9 Å². The van der Waals surface area contributed by atoms with E-state index >= 15 is 0 Å². The number of hydrogen-bond donors (Lipinski definition) is 1. The minimum absolute atomic E-state index is 0.134. The van der Waals surface area contributed by atoms with Crippen LogP contribution in [0.5, 0.6) is 0 Å². The van der Waals surface area contributed by atoms with Crippen molar-refractivity contribution in [2.24, 2.45) is 0 Å². The predicted molar refractivity (Wildman–Crippen MR) is 73.0 cm³/mol. The van der Waals surface area contributed by atoms with Gasteiger partial charge in [-0.25, -0.2) is 4.39 Å². The van der Waals surface area contributed by atoms with Crippen molar-refractivity contribution in [1.82, 2.24) is 5.32 Å². The Kier molecular flexibility index (Phi) is 4.40. The Hall–Kier alpha value is -0.610. The molecule has 17 heavy (non-hydrogen) atoms. The Labute approximate surface area is 110 Å². The molecule has 1 fully saturated rings. The molecule has 0 radical (unpaired) electrons. The van der Waals surface area contributed by atoms with Crippen LogP contribution in [0.1, 0.15) is 19.8 Å². The highest BCUT2D eigenvalue weighted by atomic mass is 79.9. The molecule has 0 amide bonds. The lowest BCUT2D eigenvalue weighted by atomic mass is 10.1. The number of hydrogen-bond acceptors (Lipinski definition) is 2. The summed E-state index contributed by atoms with van der Waals surface area (Å²) in [6.07, 6.45) is 2.30. The van der Waals surface area contributed by atoms with E-state index in [1.165, 1.54) is 6.07 Å². The number of nitrogens with one attached hydrogen (secondary N) is 1. The van der Waals surface area contributed by atoms with Crippen molar-refractivity contribution in [1.29, 1.82) is 0 Å². The van der Waals surface area contributed by atoms with Crippen LogP contribution >= 0.6 is 15.9 Å². The second-order valence-corrected chi connectivity index (χ2v) is 5.40. The summed E-state index contributed by atoms with van der Waals surface area (Å²) in [6, 6.07) is 5.61. The largest absolute Gasteiger partial charge is 0.366 e. The first-order chi connectivity index (χ1) is 8.20. The van der Waals surface area contributed by atoms with Crippen molar-refractivity contribution < 1.29 is 4.39 Å². The Morgan fingerprint density at radius 2 is 2.35 bits per heavy atom. The molecule has 1 atom stereocenters. The SMILES string of the molecule is CCCC1CN(c2cc(Br)ccc2F)CCN1. The second-order valence-electron chi connectivity index (χ2n) is 4.48. The third-order valence-electron chi connectivity index (χ3n) is 3.14. The van der Waals surface area contributed by atoms with Crippen LogP contribution in [0.3, 0.4) is 0 Å². The van der Waals surface area contributed by atoms with E-state index in [0.29, 0.717) is 11.7 Å². The van der Waals surface area contributed by atoms with Gasteiger partial charge in [-0.15, -0.1) is 0 Å². The lowest BCUT2D eigenvalue weighted by Crippen LogP contribution is -2.50. The van der Waals surface area contributed by atoms with E-state index in [1.54, 1.807) is 6.07 Å². The van der Waals surface area contributed by atoms with E-state index in [2.05, 4.69) is 33.1 Å². The van der Waals surface area contributed by atoms with Crippen molar-refractivity contribution in [2.75, 3.05) is 24.5 Å². The summed E-state index contributed by atoms with van der Waals surface area (Å²) in [5.41, 5.74) is 0.710. The van der Waals surface area contributed by atoms with Crippen molar-refractivity contribution in [2.45, 2.75) is 25.8 Å². The molecule has 4 heteroatoms. The molecule has 1 heterocycles. The van der Waals surface area contributed by atoms with Gasteiger partial charge in [0.15, 0.2) is 0 Å². The van der Waals surface area contributed by atoms with Crippen LogP contribution in [0.15, 0.2) is 22.7 Å². The van der Waals surface area contributed by atoms with Gasteiger partial charge in [0.25, 0.3) is 0 Å². The number of benzene rings is 1. The summed E-state index contributed by atoms with van der Waals surface area (Å²) in [6.45, 7) is 4.87. The van der Waals surface area contributed by atoms with Crippen molar-refractivity contribution in [3.63, 3.8) is 0 Å². The van der Waals surface area contributed by atoms with Crippen LogP contribution in [0, 0.1) is 5.82 Å². The highest BCUT2D eigenvalue weighted by Crippen LogP contribution is 2.25. The van der Waals surface area contributed by atoms with Crippen molar-refractivity contribution >= 4 is 21.6 Å². The van der Waals surface area contributed by atoms with Gasteiger partial charge in [-0.3, -0.25) is 0 Å². The second kappa shape index (κ2) is 5.83. The lowest BCUT2D eigenvalue weighted by Gasteiger charge is -2.35. The van der Waals surface area contributed by atoms with E-state index in [-0.39, 0.29) is 5.82 Å². The minimum Gasteiger partial charge on any atom is -0.366 e. The Balaban J connectivity index is 2.13. The van der Waals surface area contributed by atoms with Gasteiger partial charge >= 0.3 is 0 Å². The third-order valence-corrected chi connectivity index (χ3v) is 3.63. The average molecular weight is 301 g/mol. The van der Waals surface area contributed by atoms with Crippen LogP contribution in [0.2, 0.25) is 0 Å². The maximum atomic E-state index is 13.8. The molecule has 0 saturated carbocycles. The van der Waals surface area contributed by atoms with Gasteiger partial charge in [0.2, 0.25) is 0 Å². The summed E-state index contributed by atoms with van der Waals surface area (Å²) in [4.78, 5) is 2.14. The molecule has 2 rings (SSSR count).